The van der Waals surface area contributed by atoms with Crippen molar-refractivity contribution in [2.24, 2.45) is 0 Å². The SMILES string of the molecule is CN(Cc1ccc(Cl)cc1F)c1cccc(C#N)c1. The number of anilines is 1. The van der Waals surface area contributed by atoms with Gasteiger partial charge in [0, 0.05) is 29.9 Å². The van der Waals surface area contributed by atoms with E-state index in [1.807, 2.05) is 24.1 Å². The van der Waals surface area contributed by atoms with E-state index in [2.05, 4.69) is 6.07 Å². The van der Waals surface area contributed by atoms with Crippen LogP contribution in [0.1, 0.15) is 11.1 Å². The molecule has 2 aromatic rings. The number of halogens is 2. The van der Waals surface area contributed by atoms with Crippen LogP contribution >= 0.6 is 11.6 Å². The standard InChI is InChI=1S/C15H12ClFN2/c1-19(14-4-2-3-11(7-14)9-18)10-12-5-6-13(16)8-15(12)17/h2-8H,10H2,1H3. The normalized spacial score (nSPS) is 10.0. The lowest BCUT2D eigenvalue weighted by atomic mass is 10.1. The smallest absolute Gasteiger partial charge is 0.129 e. The van der Waals surface area contributed by atoms with E-state index in [4.69, 9.17) is 16.9 Å². The third-order valence-corrected chi connectivity index (χ3v) is 3.07. The lowest BCUT2D eigenvalue weighted by molar-refractivity contribution is 0.608. The summed E-state index contributed by atoms with van der Waals surface area (Å²) in [5, 5.41) is 9.25. The minimum absolute atomic E-state index is 0.323. The Morgan fingerprint density at radius 1 is 1.26 bits per heavy atom. The van der Waals surface area contributed by atoms with Crippen LogP contribution in [0.2, 0.25) is 5.02 Å². The molecular weight excluding hydrogens is 263 g/mol. The van der Waals surface area contributed by atoms with Gasteiger partial charge in [-0.3, -0.25) is 0 Å². The number of hydrogen-bond donors (Lipinski definition) is 0. The van der Waals surface area contributed by atoms with E-state index in [1.54, 1.807) is 24.3 Å². The fourth-order valence-corrected chi connectivity index (χ4v) is 1.97. The number of hydrogen-bond acceptors (Lipinski definition) is 2. The molecule has 0 N–H and O–H groups in total. The van der Waals surface area contributed by atoms with Gasteiger partial charge in [-0.05, 0) is 30.3 Å². The molecular formula is C15H12ClFN2. The zero-order valence-electron chi connectivity index (χ0n) is 10.4. The highest BCUT2D eigenvalue weighted by molar-refractivity contribution is 6.30. The molecule has 0 amide bonds. The minimum atomic E-state index is -0.323. The van der Waals surface area contributed by atoms with Crippen molar-refractivity contribution in [3.05, 3.63) is 64.4 Å². The summed E-state index contributed by atoms with van der Waals surface area (Å²) in [5.74, 6) is -0.323. The Labute approximate surface area is 116 Å². The second kappa shape index (κ2) is 5.73. The van der Waals surface area contributed by atoms with Crippen LogP contribution in [-0.2, 0) is 6.54 Å². The predicted molar refractivity (Wildman–Crippen MR) is 74.7 cm³/mol. The number of benzene rings is 2. The van der Waals surface area contributed by atoms with E-state index < -0.39 is 0 Å². The van der Waals surface area contributed by atoms with Crippen LogP contribution in [0.3, 0.4) is 0 Å². The molecule has 0 saturated heterocycles. The van der Waals surface area contributed by atoms with Gasteiger partial charge in [0.25, 0.3) is 0 Å². The van der Waals surface area contributed by atoms with Crippen LogP contribution in [-0.4, -0.2) is 7.05 Å². The molecule has 0 aromatic heterocycles. The summed E-state index contributed by atoms with van der Waals surface area (Å²) < 4.78 is 13.7. The lowest BCUT2D eigenvalue weighted by Gasteiger charge is -2.20. The molecule has 4 heteroatoms. The summed E-state index contributed by atoms with van der Waals surface area (Å²) in [6.45, 7) is 0.415. The fourth-order valence-electron chi connectivity index (χ4n) is 1.81. The topological polar surface area (TPSA) is 27.0 Å². The van der Waals surface area contributed by atoms with Crippen molar-refractivity contribution in [1.29, 1.82) is 5.26 Å². The van der Waals surface area contributed by atoms with E-state index >= 15 is 0 Å². The van der Waals surface area contributed by atoms with Crippen LogP contribution in [0.15, 0.2) is 42.5 Å². The molecule has 0 heterocycles. The average molecular weight is 275 g/mol. The van der Waals surface area contributed by atoms with Crippen LogP contribution in [0.25, 0.3) is 0 Å². The van der Waals surface area contributed by atoms with Crippen molar-refractivity contribution in [3.63, 3.8) is 0 Å². The largest absolute Gasteiger partial charge is 0.370 e. The molecule has 0 bridgehead atoms. The average Bonchev–Trinajstić information content (AvgIpc) is 2.42. The van der Waals surface area contributed by atoms with Gasteiger partial charge >= 0.3 is 0 Å². The Balaban J connectivity index is 2.20. The van der Waals surface area contributed by atoms with E-state index in [0.717, 1.165) is 5.69 Å². The van der Waals surface area contributed by atoms with Crippen LogP contribution < -0.4 is 4.90 Å². The highest BCUT2D eigenvalue weighted by atomic mass is 35.5. The monoisotopic (exact) mass is 274 g/mol. The van der Waals surface area contributed by atoms with Crippen LogP contribution in [0, 0.1) is 17.1 Å². The molecule has 2 rings (SSSR count). The Kier molecular flexibility index (Phi) is 4.03. The van der Waals surface area contributed by atoms with Crippen LogP contribution in [0.4, 0.5) is 10.1 Å². The van der Waals surface area contributed by atoms with E-state index in [-0.39, 0.29) is 5.82 Å². The summed E-state index contributed by atoms with van der Waals surface area (Å²) >= 11 is 5.72. The number of nitrogens with zero attached hydrogens (tertiary/aromatic N) is 2. The molecule has 19 heavy (non-hydrogen) atoms. The lowest BCUT2D eigenvalue weighted by Crippen LogP contribution is -2.17. The number of nitriles is 1. The molecule has 0 spiro atoms. The molecule has 0 atom stereocenters. The molecule has 0 aliphatic heterocycles. The Morgan fingerprint density at radius 2 is 2.05 bits per heavy atom. The third-order valence-electron chi connectivity index (χ3n) is 2.84. The van der Waals surface area contributed by atoms with Crippen molar-refractivity contribution in [3.8, 4) is 6.07 Å². The summed E-state index contributed by atoms with van der Waals surface area (Å²) in [4.78, 5) is 1.88. The first-order valence-electron chi connectivity index (χ1n) is 5.75. The zero-order valence-corrected chi connectivity index (χ0v) is 11.2. The van der Waals surface area contributed by atoms with Crippen molar-refractivity contribution in [2.45, 2.75) is 6.54 Å². The Morgan fingerprint density at radius 3 is 2.74 bits per heavy atom. The first-order chi connectivity index (χ1) is 9.10. The first-order valence-corrected chi connectivity index (χ1v) is 6.13. The predicted octanol–water partition coefficient (Wildman–Crippen LogP) is 3.99. The molecule has 0 radical (unpaired) electrons. The van der Waals surface area contributed by atoms with Crippen molar-refractivity contribution in [2.75, 3.05) is 11.9 Å². The summed E-state index contributed by atoms with van der Waals surface area (Å²) in [5.41, 5.74) is 2.02. The summed E-state index contributed by atoms with van der Waals surface area (Å²) in [7, 11) is 1.85. The molecule has 0 unspecified atom stereocenters. The van der Waals surface area contributed by atoms with Gasteiger partial charge in [-0.25, -0.2) is 4.39 Å². The van der Waals surface area contributed by atoms with Gasteiger partial charge in [-0.1, -0.05) is 23.7 Å². The van der Waals surface area contributed by atoms with E-state index in [1.165, 1.54) is 6.07 Å². The summed E-state index contributed by atoms with van der Waals surface area (Å²) in [6.07, 6.45) is 0. The molecule has 0 aliphatic rings. The molecule has 0 saturated carbocycles. The van der Waals surface area contributed by atoms with E-state index in [0.29, 0.717) is 22.7 Å². The summed E-state index contributed by atoms with van der Waals surface area (Å²) in [6, 6.07) is 13.9. The maximum atomic E-state index is 13.7. The number of rotatable bonds is 3. The molecule has 96 valence electrons. The Hall–Kier alpha value is -2.05. The third kappa shape index (κ3) is 3.24. The van der Waals surface area contributed by atoms with Gasteiger partial charge in [-0.15, -0.1) is 0 Å². The Bertz CT molecular complexity index is 634. The van der Waals surface area contributed by atoms with Crippen molar-refractivity contribution < 1.29 is 4.39 Å². The molecule has 0 fully saturated rings. The van der Waals surface area contributed by atoms with Gasteiger partial charge in [-0.2, -0.15) is 5.26 Å². The molecule has 0 aliphatic carbocycles. The highest BCUT2D eigenvalue weighted by Crippen LogP contribution is 2.20. The maximum absolute atomic E-state index is 13.7. The highest BCUT2D eigenvalue weighted by Gasteiger charge is 2.07. The minimum Gasteiger partial charge on any atom is -0.370 e. The van der Waals surface area contributed by atoms with Crippen molar-refractivity contribution in [1.82, 2.24) is 0 Å². The van der Waals surface area contributed by atoms with Gasteiger partial charge < -0.3 is 4.90 Å². The van der Waals surface area contributed by atoms with Gasteiger partial charge in [0.15, 0.2) is 0 Å². The van der Waals surface area contributed by atoms with Crippen molar-refractivity contribution >= 4 is 17.3 Å². The first kappa shape index (κ1) is 13.4. The van der Waals surface area contributed by atoms with E-state index in [9.17, 15) is 4.39 Å². The zero-order chi connectivity index (χ0) is 13.8. The van der Waals surface area contributed by atoms with Crippen LogP contribution in [0.5, 0.6) is 0 Å². The second-order valence-corrected chi connectivity index (χ2v) is 4.69. The maximum Gasteiger partial charge on any atom is 0.129 e. The van der Waals surface area contributed by atoms with Gasteiger partial charge in [0.2, 0.25) is 0 Å². The second-order valence-electron chi connectivity index (χ2n) is 4.25. The van der Waals surface area contributed by atoms with Gasteiger partial charge in [0.1, 0.15) is 5.82 Å². The molecule has 2 nitrogen and oxygen atoms in total. The quantitative estimate of drug-likeness (QED) is 0.846. The fraction of sp³-hybridized carbons (Fsp3) is 0.133. The molecule has 2 aromatic carbocycles. The van der Waals surface area contributed by atoms with Gasteiger partial charge in [0.05, 0.1) is 11.6 Å².